The van der Waals surface area contributed by atoms with Gasteiger partial charge in [0.05, 0.1) is 0 Å². The molecule has 1 aliphatic rings. The SMILES string of the molecule is CCC1CN(C(N)=S)CCN1CC. The first-order valence-corrected chi connectivity index (χ1v) is 5.38. The van der Waals surface area contributed by atoms with Crippen molar-refractivity contribution in [3.63, 3.8) is 0 Å². The fourth-order valence-corrected chi connectivity index (χ4v) is 2.06. The van der Waals surface area contributed by atoms with Gasteiger partial charge in [0.25, 0.3) is 0 Å². The lowest BCUT2D eigenvalue weighted by Crippen LogP contribution is -2.55. The molecule has 0 aromatic rings. The quantitative estimate of drug-likeness (QED) is 0.665. The van der Waals surface area contributed by atoms with E-state index in [1.165, 1.54) is 6.42 Å². The molecule has 1 atom stereocenters. The van der Waals surface area contributed by atoms with Crippen molar-refractivity contribution in [1.82, 2.24) is 9.80 Å². The van der Waals surface area contributed by atoms with Crippen molar-refractivity contribution in [2.24, 2.45) is 5.73 Å². The van der Waals surface area contributed by atoms with E-state index in [0.29, 0.717) is 11.2 Å². The van der Waals surface area contributed by atoms with Crippen molar-refractivity contribution in [2.45, 2.75) is 26.3 Å². The molecule has 1 aliphatic heterocycles. The van der Waals surface area contributed by atoms with Gasteiger partial charge in [-0.15, -0.1) is 0 Å². The third-order valence-electron chi connectivity index (χ3n) is 2.79. The van der Waals surface area contributed by atoms with Gasteiger partial charge in [-0.3, -0.25) is 4.90 Å². The van der Waals surface area contributed by atoms with E-state index in [9.17, 15) is 0 Å². The zero-order valence-corrected chi connectivity index (χ0v) is 9.31. The Morgan fingerprint density at radius 1 is 1.46 bits per heavy atom. The predicted octanol–water partition coefficient (Wildman–Crippen LogP) is 0.646. The van der Waals surface area contributed by atoms with Crippen LogP contribution in [0, 0.1) is 0 Å². The maximum Gasteiger partial charge on any atom is 0.166 e. The third kappa shape index (κ3) is 2.54. The van der Waals surface area contributed by atoms with Gasteiger partial charge in [0.1, 0.15) is 0 Å². The lowest BCUT2D eigenvalue weighted by atomic mass is 10.1. The van der Waals surface area contributed by atoms with E-state index in [-0.39, 0.29) is 0 Å². The average molecular weight is 201 g/mol. The number of likely N-dealkylation sites (N-methyl/N-ethyl adjacent to an activating group) is 1. The van der Waals surface area contributed by atoms with Crippen LogP contribution in [0.1, 0.15) is 20.3 Å². The Balaban J connectivity index is 2.52. The zero-order chi connectivity index (χ0) is 9.84. The molecular formula is C9H19N3S. The highest BCUT2D eigenvalue weighted by molar-refractivity contribution is 7.80. The van der Waals surface area contributed by atoms with E-state index in [2.05, 4.69) is 23.6 Å². The summed E-state index contributed by atoms with van der Waals surface area (Å²) in [4.78, 5) is 4.60. The molecular weight excluding hydrogens is 182 g/mol. The lowest BCUT2D eigenvalue weighted by Gasteiger charge is -2.40. The van der Waals surface area contributed by atoms with Crippen molar-refractivity contribution in [3.05, 3.63) is 0 Å². The number of nitrogens with zero attached hydrogens (tertiary/aromatic N) is 2. The topological polar surface area (TPSA) is 32.5 Å². The van der Waals surface area contributed by atoms with Gasteiger partial charge >= 0.3 is 0 Å². The maximum atomic E-state index is 5.61. The highest BCUT2D eigenvalue weighted by Gasteiger charge is 2.24. The number of hydrogen-bond acceptors (Lipinski definition) is 2. The molecule has 76 valence electrons. The van der Waals surface area contributed by atoms with Gasteiger partial charge in [0.2, 0.25) is 0 Å². The minimum absolute atomic E-state index is 0.550. The van der Waals surface area contributed by atoms with Crippen LogP contribution >= 0.6 is 12.2 Å². The van der Waals surface area contributed by atoms with Crippen molar-refractivity contribution < 1.29 is 0 Å². The van der Waals surface area contributed by atoms with Crippen LogP contribution in [-0.2, 0) is 0 Å². The van der Waals surface area contributed by atoms with Crippen LogP contribution < -0.4 is 5.73 Å². The van der Waals surface area contributed by atoms with Crippen LogP contribution in [0.15, 0.2) is 0 Å². The molecule has 0 amide bonds. The van der Waals surface area contributed by atoms with Crippen LogP contribution in [0.25, 0.3) is 0 Å². The first-order valence-electron chi connectivity index (χ1n) is 4.97. The van der Waals surface area contributed by atoms with Gasteiger partial charge in [-0.25, -0.2) is 0 Å². The van der Waals surface area contributed by atoms with Crippen LogP contribution in [0.4, 0.5) is 0 Å². The molecule has 0 bridgehead atoms. The molecule has 0 aliphatic carbocycles. The minimum atomic E-state index is 0.550. The van der Waals surface area contributed by atoms with Crippen LogP contribution in [0.3, 0.4) is 0 Å². The van der Waals surface area contributed by atoms with Gasteiger partial charge in [-0.05, 0) is 25.2 Å². The summed E-state index contributed by atoms with van der Waals surface area (Å²) in [5.41, 5.74) is 5.61. The minimum Gasteiger partial charge on any atom is -0.376 e. The predicted molar refractivity (Wildman–Crippen MR) is 59.7 cm³/mol. The Labute approximate surface area is 85.9 Å². The normalized spacial score (nSPS) is 24.8. The van der Waals surface area contributed by atoms with E-state index >= 15 is 0 Å². The van der Waals surface area contributed by atoms with Crippen molar-refractivity contribution >= 4 is 17.3 Å². The molecule has 1 fully saturated rings. The van der Waals surface area contributed by atoms with Crippen molar-refractivity contribution in [2.75, 3.05) is 26.2 Å². The van der Waals surface area contributed by atoms with Crippen LogP contribution in [-0.4, -0.2) is 47.1 Å². The molecule has 0 aromatic carbocycles. The third-order valence-corrected chi connectivity index (χ3v) is 3.05. The monoisotopic (exact) mass is 201 g/mol. The number of rotatable bonds is 2. The molecule has 1 heterocycles. The molecule has 0 saturated carbocycles. The largest absolute Gasteiger partial charge is 0.376 e. The second-order valence-electron chi connectivity index (χ2n) is 3.47. The van der Waals surface area contributed by atoms with Gasteiger partial charge in [-0.1, -0.05) is 13.8 Å². The maximum absolute atomic E-state index is 5.61. The number of nitrogens with two attached hydrogens (primary N) is 1. The van der Waals surface area contributed by atoms with E-state index < -0.39 is 0 Å². The van der Waals surface area contributed by atoms with E-state index in [1.807, 2.05) is 0 Å². The van der Waals surface area contributed by atoms with Crippen LogP contribution in [0.2, 0.25) is 0 Å². The molecule has 0 aromatic heterocycles. The number of hydrogen-bond donors (Lipinski definition) is 1. The van der Waals surface area contributed by atoms with Gasteiger partial charge in [0, 0.05) is 25.7 Å². The Bertz CT molecular complexity index is 184. The second kappa shape index (κ2) is 4.77. The lowest BCUT2D eigenvalue weighted by molar-refractivity contribution is 0.116. The number of thiocarbonyl (C=S) groups is 1. The molecule has 13 heavy (non-hydrogen) atoms. The summed E-state index contributed by atoms with van der Waals surface area (Å²) in [6.45, 7) is 8.63. The summed E-state index contributed by atoms with van der Waals surface area (Å²) in [5.74, 6) is 0. The fourth-order valence-electron chi connectivity index (χ4n) is 1.90. The molecule has 1 saturated heterocycles. The molecule has 2 N–H and O–H groups in total. The molecule has 1 unspecified atom stereocenters. The van der Waals surface area contributed by atoms with E-state index in [0.717, 1.165) is 26.2 Å². The number of piperazine rings is 1. The second-order valence-corrected chi connectivity index (χ2v) is 3.89. The summed E-state index contributed by atoms with van der Waals surface area (Å²) < 4.78 is 0. The van der Waals surface area contributed by atoms with E-state index in [4.69, 9.17) is 18.0 Å². The van der Waals surface area contributed by atoms with Crippen LogP contribution in [0.5, 0.6) is 0 Å². The Hall–Kier alpha value is -0.350. The Morgan fingerprint density at radius 2 is 2.15 bits per heavy atom. The fraction of sp³-hybridized carbons (Fsp3) is 0.889. The Morgan fingerprint density at radius 3 is 2.62 bits per heavy atom. The molecule has 1 rings (SSSR count). The van der Waals surface area contributed by atoms with Gasteiger partial charge < -0.3 is 10.6 Å². The standard InChI is InChI=1S/C9H19N3S/c1-3-8-7-12(9(10)13)6-5-11(8)4-2/h8H,3-7H2,1-2H3,(H2,10,13). The summed E-state index contributed by atoms with van der Waals surface area (Å²) >= 11 is 4.98. The smallest absolute Gasteiger partial charge is 0.166 e. The van der Waals surface area contributed by atoms with Gasteiger partial charge in [-0.2, -0.15) is 0 Å². The molecule has 0 spiro atoms. The highest BCUT2D eigenvalue weighted by Crippen LogP contribution is 2.11. The molecule has 3 nitrogen and oxygen atoms in total. The first kappa shape index (κ1) is 10.7. The highest BCUT2D eigenvalue weighted by atomic mass is 32.1. The molecule has 4 heteroatoms. The van der Waals surface area contributed by atoms with Crippen molar-refractivity contribution in [1.29, 1.82) is 0 Å². The summed E-state index contributed by atoms with van der Waals surface area (Å²) in [6.07, 6.45) is 1.17. The molecule has 0 radical (unpaired) electrons. The van der Waals surface area contributed by atoms with Gasteiger partial charge in [0.15, 0.2) is 5.11 Å². The van der Waals surface area contributed by atoms with E-state index in [1.54, 1.807) is 0 Å². The summed E-state index contributed by atoms with van der Waals surface area (Å²) in [6, 6.07) is 0.625. The average Bonchev–Trinajstić information content (AvgIpc) is 2.16. The first-order chi connectivity index (χ1) is 6.19. The Kier molecular flexibility index (Phi) is 3.93. The zero-order valence-electron chi connectivity index (χ0n) is 8.49. The van der Waals surface area contributed by atoms with Crippen molar-refractivity contribution in [3.8, 4) is 0 Å². The summed E-state index contributed by atoms with van der Waals surface area (Å²) in [7, 11) is 0. The summed E-state index contributed by atoms with van der Waals surface area (Å²) in [5, 5.41) is 0.550.